The quantitative estimate of drug-likeness (QED) is 0.597. The zero-order valence-electron chi connectivity index (χ0n) is 12.8. The Morgan fingerprint density at radius 1 is 1.45 bits per heavy atom. The van der Waals surface area contributed by atoms with Crippen LogP contribution in [0.1, 0.15) is 12.0 Å². The summed E-state index contributed by atoms with van der Waals surface area (Å²) < 4.78 is 6.96. The van der Waals surface area contributed by atoms with Crippen molar-refractivity contribution >= 4 is 23.4 Å². The predicted molar refractivity (Wildman–Crippen MR) is 87.0 cm³/mol. The number of ether oxygens (including phenoxy) is 1. The highest BCUT2D eigenvalue weighted by atomic mass is 32.2. The average Bonchev–Trinajstić information content (AvgIpc) is 2.93. The summed E-state index contributed by atoms with van der Waals surface area (Å²) in [5.41, 5.74) is 1.93. The third-order valence-corrected chi connectivity index (χ3v) is 3.94. The lowest BCUT2D eigenvalue weighted by molar-refractivity contribution is -0.113. The molecule has 1 heterocycles. The first-order chi connectivity index (χ1) is 10.7. The highest BCUT2D eigenvalue weighted by molar-refractivity contribution is 7.99. The summed E-state index contributed by atoms with van der Waals surface area (Å²) in [6.45, 7) is 3.46. The number of amides is 1. The van der Waals surface area contributed by atoms with Crippen molar-refractivity contribution in [2.75, 3.05) is 24.8 Å². The first-order valence-corrected chi connectivity index (χ1v) is 8.03. The molecular weight excluding hydrogens is 300 g/mol. The maximum absolute atomic E-state index is 12.0. The topological polar surface area (TPSA) is 69.0 Å². The largest absolute Gasteiger partial charge is 0.385 e. The number of nitrogens with one attached hydrogen (secondary N) is 1. The lowest BCUT2D eigenvalue weighted by Gasteiger charge is -2.07. The van der Waals surface area contributed by atoms with Gasteiger partial charge in [0.05, 0.1) is 5.75 Å². The van der Waals surface area contributed by atoms with Gasteiger partial charge in [0, 0.05) is 25.9 Å². The van der Waals surface area contributed by atoms with Crippen LogP contribution in [0, 0.1) is 6.92 Å². The summed E-state index contributed by atoms with van der Waals surface area (Å²) in [5.74, 6) is 0.249. The Kier molecular flexibility index (Phi) is 6.42. The second kappa shape index (κ2) is 8.55. The molecule has 0 radical (unpaired) electrons. The van der Waals surface area contributed by atoms with E-state index in [9.17, 15) is 4.79 Å². The van der Waals surface area contributed by atoms with Crippen molar-refractivity contribution in [2.24, 2.45) is 0 Å². The van der Waals surface area contributed by atoms with Crippen molar-refractivity contribution in [3.05, 3.63) is 36.2 Å². The maximum Gasteiger partial charge on any atom is 0.234 e. The second-order valence-corrected chi connectivity index (χ2v) is 5.80. The van der Waals surface area contributed by atoms with Gasteiger partial charge in [-0.05, 0) is 31.0 Å². The SMILES string of the molecule is COCCCn1cnnc1SCC(=O)Nc1cccc(C)c1. The van der Waals surface area contributed by atoms with E-state index in [0.717, 1.165) is 29.4 Å². The van der Waals surface area contributed by atoms with Gasteiger partial charge in [0.15, 0.2) is 5.16 Å². The van der Waals surface area contributed by atoms with Gasteiger partial charge in [0.1, 0.15) is 6.33 Å². The standard InChI is InChI=1S/C15H20N4O2S/c1-12-5-3-6-13(9-12)17-14(20)10-22-15-18-16-11-19(15)7-4-8-21-2/h3,5-6,9,11H,4,7-8,10H2,1-2H3,(H,17,20). The van der Waals surface area contributed by atoms with Crippen LogP contribution in [0.2, 0.25) is 0 Å². The number of hydrogen-bond acceptors (Lipinski definition) is 5. The molecule has 2 rings (SSSR count). The lowest BCUT2D eigenvalue weighted by atomic mass is 10.2. The number of methoxy groups -OCH3 is 1. The number of nitrogens with zero attached hydrogens (tertiary/aromatic N) is 3. The number of rotatable bonds is 8. The molecule has 2 aromatic rings. The van der Waals surface area contributed by atoms with Crippen molar-refractivity contribution in [3.63, 3.8) is 0 Å². The van der Waals surface area contributed by atoms with Gasteiger partial charge in [-0.25, -0.2) is 0 Å². The summed E-state index contributed by atoms with van der Waals surface area (Å²) in [4.78, 5) is 12.0. The average molecular weight is 320 g/mol. The van der Waals surface area contributed by atoms with Crippen LogP contribution in [-0.2, 0) is 16.1 Å². The fraction of sp³-hybridized carbons (Fsp3) is 0.400. The van der Waals surface area contributed by atoms with Gasteiger partial charge in [-0.3, -0.25) is 4.79 Å². The van der Waals surface area contributed by atoms with Crippen LogP contribution in [0.3, 0.4) is 0 Å². The number of thioether (sulfide) groups is 1. The van der Waals surface area contributed by atoms with Crippen LogP contribution in [0.5, 0.6) is 0 Å². The van der Waals surface area contributed by atoms with Crippen LogP contribution < -0.4 is 5.32 Å². The fourth-order valence-electron chi connectivity index (χ4n) is 1.94. The molecule has 6 nitrogen and oxygen atoms in total. The zero-order valence-corrected chi connectivity index (χ0v) is 13.6. The molecule has 118 valence electrons. The molecule has 0 unspecified atom stereocenters. The van der Waals surface area contributed by atoms with E-state index in [2.05, 4.69) is 15.5 Å². The van der Waals surface area contributed by atoms with Gasteiger partial charge in [-0.15, -0.1) is 10.2 Å². The van der Waals surface area contributed by atoms with Gasteiger partial charge in [0.2, 0.25) is 5.91 Å². The number of carbonyl (C=O) groups excluding carboxylic acids is 1. The second-order valence-electron chi connectivity index (χ2n) is 4.86. The number of anilines is 1. The Morgan fingerprint density at radius 2 is 2.32 bits per heavy atom. The summed E-state index contributed by atoms with van der Waals surface area (Å²) >= 11 is 1.38. The van der Waals surface area contributed by atoms with Crippen molar-refractivity contribution in [2.45, 2.75) is 25.0 Å². The zero-order chi connectivity index (χ0) is 15.8. The van der Waals surface area contributed by atoms with E-state index in [1.54, 1.807) is 13.4 Å². The minimum atomic E-state index is -0.0537. The molecule has 0 saturated carbocycles. The molecule has 0 bridgehead atoms. The van der Waals surface area contributed by atoms with Crippen LogP contribution in [0.15, 0.2) is 35.7 Å². The summed E-state index contributed by atoms with van der Waals surface area (Å²) in [6, 6.07) is 7.73. The molecule has 0 saturated heterocycles. The van der Waals surface area contributed by atoms with E-state index in [1.165, 1.54) is 11.8 Å². The molecule has 0 fully saturated rings. The molecule has 22 heavy (non-hydrogen) atoms. The number of aromatic nitrogens is 3. The number of hydrogen-bond donors (Lipinski definition) is 1. The number of benzene rings is 1. The van der Waals surface area contributed by atoms with Crippen molar-refractivity contribution in [3.8, 4) is 0 Å². The molecular formula is C15H20N4O2S. The predicted octanol–water partition coefficient (Wildman–Crippen LogP) is 2.35. The van der Waals surface area contributed by atoms with Gasteiger partial charge in [-0.1, -0.05) is 23.9 Å². The fourth-order valence-corrected chi connectivity index (χ4v) is 2.68. The van der Waals surface area contributed by atoms with E-state index >= 15 is 0 Å². The lowest BCUT2D eigenvalue weighted by Crippen LogP contribution is -2.14. The number of carbonyl (C=O) groups is 1. The highest BCUT2D eigenvalue weighted by Gasteiger charge is 2.09. The molecule has 0 aliphatic carbocycles. The first kappa shape index (κ1) is 16.5. The third-order valence-electron chi connectivity index (χ3n) is 2.96. The molecule has 7 heteroatoms. The molecule has 1 aromatic carbocycles. The van der Waals surface area contributed by atoms with E-state index in [4.69, 9.17) is 4.74 Å². The Balaban J connectivity index is 1.82. The van der Waals surface area contributed by atoms with Gasteiger partial charge in [0.25, 0.3) is 0 Å². The Hall–Kier alpha value is -1.86. The summed E-state index contributed by atoms with van der Waals surface area (Å²) in [5, 5.41) is 11.6. The Labute approximate surface area is 134 Å². The van der Waals surface area contributed by atoms with Crippen molar-refractivity contribution in [1.82, 2.24) is 14.8 Å². The van der Waals surface area contributed by atoms with Crippen molar-refractivity contribution < 1.29 is 9.53 Å². The van der Waals surface area contributed by atoms with Gasteiger partial charge >= 0.3 is 0 Å². The molecule has 1 aromatic heterocycles. The van der Waals surface area contributed by atoms with E-state index in [1.807, 2.05) is 35.8 Å². The Morgan fingerprint density at radius 3 is 3.09 bits per heavy atom. The summed E-state index contributed by atoms with van der Waals surface area (Å²) in [7, 11) is 1.68. The van der Waals surface area contributed by atoms with Gasteiger partial charge < -0.3 is 14.6 Å². The van der Waals surface area contributed by atoms with E-state index in [-0.39, 0.29) is 5.91 Å². The number of aryl methyl sites for hydroxylation is 2. The molecule has 0 aliphatic rings. The normalized spacial score (nSPS) is 10.6. The third kappa shape index (κ3) is 5.16. The molecule has 0 spiro atoms. The smallest absolute Gasteiger partial charge is 0.234 e. The monoisotopic (exact) mass is 320 g/mol. The van der Waals surface area contributed by atoms with Crippen LogP contribution in [0.25, 0.3) is 0 Å². The Bertz CT molecular complexity index is 615. The maximum atomic E-state index is 12.0. The van der Waals surface area contributed by atoms with E-state index in [0.29, 0.717) is 12.4 Å². The van der Waals surface area contributed by atoms with Gasteiger partial charge in [-0.2, -0.15) is 0 Å². The van der Waals surface area contributed by atoms with Crippen molar-refractivity contribution in [1.29, 1.82) is 0 Å². The minimum absolute atomic E-state index is 0.0537. The van der Waals surface area contributed by atoms with Crippen LogP contribution >= 0.6 is 11.8 Å². The molecule has 0 atom stereocenters. The molecule has 0 aliphatic heterocycles. The summed E-state index contributed by atoms with van der Waals surface area (Å²) in [6.07, 6.45) is 2.56. The van der Waals surface area contributed by atoms with E-state index < -0.39 is 0 Å². The molecule has 1 N–H and O–H groups in total. The van der Waals surface area contributed by atoms with Crippen LogP contribution in [0.4, 0.5) is 5.69 Å². The van der Waals surface area contributed by atoms with Crippen LogP contribution in [-0.4, -0.2) is 40.1 Å². The first-order valence-electron chi connectivity index (χ1n) is 7.05. The molecule has 1 amide bonds. The highest BCUT2D eigenvalue weighted by Crippen LogP contribution is 2.16. The minimum Gasteiger partial charge on any atom is -0.385 e.